The van der Waals surface area contributed by atoms with Gasteiger partial charge in [0.2, 0.25) is 0 Å². The van der Waals surface area contributed by atoms with E-state index in [1.165, 1.54) is 32.1 Å². The number of unbranched alkanes of at least 4 members (excludes halogenated alkanes) is 5. The van der Waals surface area contributed by atoms with Gasteiger partial charge in [-0.2, -0.15) is 6.42 Å². The van der Waals surface area contributed by atoms with Gasteiger partial charge in [0.15, 0.2) is 0 Å². The maximum absolute atomic E-state index is 10.1. The number of aldehydes is 1. The molecule has 4 heteroatoms. The van der Waals surface area contributed by atoms with Gasteiger partial charge in [-0.1, -0.05) is 62.8 Å². The van der Waals surface area contributed by atoms with Gasteiger partial charge < -0.3 is 19.3 Å². The molecule has 0 unspecified atom stereocenters. The molecule has 0 saturated carbocycles. The largest absolute Gasteiger partial charge is 2.00 e. The fourth-order valence-corrected chi connectivity index (χ4v) is 1.56. The molecule has 0 amide bonds. The molecule has 1 aromatic carbocycles. The monoisotopic (exact) mass is 312 g/mol. The third-order valence-corrected chi connectivity index (χ3v) is 2.57. The summed E-state index contributed by atoms with van der Waals surface area (Å²) >= 11 is 5.56. The van der Waals surface area contributed by atoms with Crippen molar-refractivity contribution in [3.05, 3.63) is 41.8 Å². The number of rotatable bonds is 6. The van der Waals surface area contributed by atoms with Crippen molar-refractivity contribution in [2.45, 2.75) is 45.4 Å². The Morgan fingerprint density at radius 2 is 1.84 bits per heavy atom. The minimum absolute atomic E-state index is 0. The number of hydrogen-bond donors (Lipinski definition) is 0. The smallest absolute Gasteiger partial charge is 1.00 e. The average molecular weight is 314 g/mol. The van der Waals surface area contributed by atoms with E-state index >= 15 is 0 Å². The van der Waals surface area contributed by atoms with Crippen molar-refractivity contribution in [2.24, 2.45) is 0 Å². The van der Waals surface area contributed by atoms with Crippen LogP contribution >= 0.6 is 11.6 Å². The second-order valence-corrected chi connectivity index (χ2v) is 4.38. The maximum Gasteiger partial charge on any atom is 2.00 e. The van der Waals surface area contributed by atoms with Crippen LogP contribution in [0.1, 0.15) is 55.8 Å². The van der Waals surface area contributed by atoms with Crippen molar-refractivity contribution >= 4 is 40.9 Å². The van der Waals surface area contributed by atoms with Crippen LogP contribution in [0.3, 0.4) is 0 Å². The molecule has 104 valence electrons. The van der Waals surface area contributed by atoms with E-state index in [4.69, 9.17) is 11.6 Å². The number of benzene rings is 1. The van der Waals surface area contributed by atoms with Crippen molar-refractivity contribution in [1.29, 1.82) is 0 Å². The predicted molar refractivity (Wildman–Crippen MR) is 81.3 cm³/mol. The van der Waals surface area contributed by atoms with Crippen LogP contribution in [0.4, 0.5) is 0 Å². The SMILES string of the molecule is O=Cc1cccc(Cl)c1.[CH2-]CCCCCCC.[Cl-].[Mg+2]. The van der Waals surface area contributed by atoms with Gasteiger partial charge in [-0.25, -0.2) is 0 Å². The molecule has 0 aliphatic heterocycles. The summed E-state index contributed by atoms with van der Waals surface area (Å²) in [5, 5.41) is 0.597. The fourth-order valence-electron chi connectivity index (χ4n) is 1.36. The Hall–Kier alpha value is 0.236. The van der Waals surface area contributed by atoms with Gasteiger partial charge in [0.05, 0.1) is 0 Å². The third kappa shape index (κ3) is 16.2. The molecule has 0 aliphatic rings. The van der Waals surface area contributed by atoms with Crippen molar-refractivity contribution in [1.82, 2.24) is 0 Å². The van der Waals surface area contributed by atoms with Gasteiger partial charge in [0, 0.05) is 10.6 Å². The first-order valence-corrected chi connectivity index (χ1v) is 6.62. The maximum atomic E-state index is 10.1. The Kier molecular flexibility index (Phi) is 23.3. The van der Waals surface area contributed by atoms with Gasteiger partial charge in [-0.15, -0.1) is 0 Å². The summed E-state index contributed by atoms with van der Waals surface area (Å²) in [4.78, 5) is 10.1. The minimum Gasteiger partial charge on any atom is -1.00 e. The molecular formula is C15H22Cl2MgO. The topological polar surface area (TPSA) is 17.1 Å². The first kappa shape index (κ1) is 24.3. The van der Waals surface area contributed by atoms with Crippen LogP contribution in [-0.2, 0) is 0 Å². The van der Waals surface area contributed by atoms with Crippen LogP contribution in [0.25, 0.3) is 0 Å². The normalized spacial score (nSPS) is 8.37. The zero-order chi connectivity index (χ0) is 12.9. The average Bonchev–Trinajstić information content (AvgIpc) is 2.35. The third-order valence-electron chi connectivity index (χ3n) is 2.34. The van der Waals surface area contributed by atoms with Crippen molar-refractivity contribution in [3.63, 3.8) is 0 Å². The van der Waals surface area contributed by atoms with Crippen LogP contribution in [-0.4, -0.2) is 29.3 Å². The molecule has 0 N–H and O–H groups in total. The van der Waals surface area contributed by atoms with Gasteiger partial charge in [0.25, 0.3) is 0 Å². The molecule has 0 heterocycles. The summed E-state index contributed by atoms with van der Waals surface area (Å²) in [6.45, 7) is 6.02. The molecule has 0 fully saturated rings. The fraction of sp³-hybridized carbons (Fsp3) is 0.467. The van der Waals surface area contributed by atoms with Gasteiger partial charge >= 0.3 is 23.1 Å². The van der Waals surface area contributed by atoms with E-state index < -0.39 is 0 Å². The molecule has 0 bridgehead atoms. The summed E-state index contributed by atoms with van der Waals surface area (Å²) in [5.41, 5.74) is 0.613. The molecular weight excluding hydrogens is 291 g/mol. The van der Waals surface area contributed by atoms with E-state index in [0.29, 0.717) is 10.6 Å². The second kappa shape index (κ2) is 18.2. The molecule has 0 saturated heterocycles. The first-order chi connectivity index (χ1) is 8.24. The molecule has 1 nitrogen and oxygen atoms in total. The summed E-state index contributed by atoms with van der Waals surface area (Å²) in [6, 6.07) is 6.80. The van der Waals surface area contributed by atoms with E-state index in [0.717, 1.165) is 12.7 Å². The van der Waals surface area contributed by atoms with E-state index in [2.05, 4.69) is 13.8 Å². The molecule has 19 heavy (non-hydrogen) atoms. The molecule has 1 aromatic rings. The molecule has 0 radical (unpaired) electrons. The summed E-state index contributed by atoms with van der Waals surface area (Å²) in [5.74, 6) is 0. The van der Waals surface area contributed by atoms with Gasteiger partial charge in [-0.3, -0.25) is 4.79 Å². The van der Waals surface area contributed by atoms with Crippen LogP contribution in [0.2, 0.25) is 5.02 Å². The van der Waals surface area contributed by atoms with E-state index in [9.17, 15) is 4.79 Å². The van der Waals surface area contributed by atoms with Gasteiger partial charge in [0.1, 0.15) is 6.29 Å². The first-order valence-electron chi connectivity index (χ1n) is 6.24. The van der Waals surface area contributed by atoms with Crippen molar-refractivity contribution in [2.75, 3.05) is 0 Å². The Morgan fingerprint density at radius 1 is 1.21 bits per heavy atom. The molecule has 0 aromatic heterocycles. The molecule has 0 atom stereocenters. The number of carbonyl (C=O) groups excluding carboxylic acids is 1. The Labute approximate surface area is 145 Å². The van der Waals surface area contributed by atoms with E-state index in [1.54, 1.807) is 24.3 Å². The molecule has 0 spiro atoms. The van der Waals surface area contributed by atoms with Gasteiger partial charge in [-0.05, 0) is 12.1 Å². The van der Waals surface area contributed by atoms with E-state index in [1.807, 2.05) is 0 Å². The molecule has 1 rings (SSSR count). The zero-order valence-electron chi connectivity index (χ0n) is 11.7. The molecule has 0 aliphatic carbocycles. The van der Waals surface area contributed by atoms with Crippen molar-refractivity contribution < 1.29 is 17.2 Å². The number of hydrogen-bond acceptors (Lipinski definition) is 1. The predicted octanol–water partition coefficient (Wildman–Crippen LogP) is 1.96. The van der Waals surface area contributed by atoms with Crippen LogP contribution in [0.5, 0.6) is 0 Å². The Morgan fingerprint density at radius 3 is 2.26 bits per heavy atom. The van der Waals surface area contributed by atoms with Crippen LogP contribution in [0.15, 0.2) is 24.3 Å². The van der Waals surface area contributed by atoms with Crippen molar-refractivity contribution in [3.8, 4) is 0 Å². The summed E-state index contributed by atoms with van der Waals surface area (Å²) in [7, 11) is 0. The van der Waals surface area contributed by atoms with Crippen LogP contribution < -0.4 is 12.4 Å². The standard InChI is InChI=1S/C8H17.C7H5ClO.ClH.Mg/c1-3-5-7-8-6-4-2;8-7-3-1-2-6(4-7)5-9;;/h1,3-8H2,2H3;1-5H;1H;/q-1;;;+2/p-1. The Bertz CT molecular complexity index is 300. The quantitative estimate of drug-likeness (QED) is 0.340. The Balaban J connectivity index is -0.000000246. The van der Waals surface area contributed by atoms with Crippen LogP contribution in [0, 0.1) is 6.92 Å². The summed E-state index contributed by atoms with van der Waals surface area (Å²) in [6.07, 6.45) is 8.75. The summed E-state index contributed by atoms with van der Waals surface area (Å²) < 4.78 is 0. The zero-order valence-corrected chi connectivity index (χ0v) is 14.6. The van der Waals surface area contributed by atoms with E-state index in [-0.39, 0.29) is 35.5 Å². The number of carbonyl (C=O) groups is 1. The number of halogens is 2. The second-order valence-electron chi connectivity index (χ2n) is 3.94. The minimum atomic E-state index is 0.